The van der Waals surface area contributed by atoms with E-state index in [-0.39, 0.29) is 0 Å². The highest BCUT2D eigenvalue weighted by molar-refractivity contribution is 5.95. The summed E-state index contributed by atoms with van der Waals surface area (Å²) in [6.07, 6.45) is 3.49. The molecule has 0 aliphatic heterocycles. The fraction of sp³-hybridized carbons (Fsp3) is 0.125. The van der Waals surface area contributed by atoms with Crippen molar-refractivity contribution in [2.45, 2.75) is 0 Å². The molecule has 4 N–H and O–H groups in total. The maximum Gasteiger partial charge on any atom is 0.139 e. The third kappa shape index (κ3) is 0.812. The maximum absolute atomic E-state index is 5.72. The molecule has 0 fully saturated rings. The van der Waals surface area contributed by atoms with Crippen LogP contribution in [-0.2, 0) is 0 Å². The number of aromatic amines is 1. The number of pyridine rings is 1. The third-order valence-corrected chi connectivity index (χ3v) is 1.87. The van der Waals surface area contributed by atoms with Crippen molar-refractivity contribution < 1.29 is 0 Å². The number of nitrogen functional groups attached to an aromatic ring is 1. The Morgan fingerprint density at radius 2 is 2.42 bits per heavy atom. The molecule has 0 saturated heterocycles. The van der Waals surface area contributed by atoms with Crippen molar-refractivity contribution >= 4 is 22.4 Å². The van der Waals surface area contributed by atoms with Gasteiger partial charge in [0.05, 0.1) is 17.6 Å². The normalized spacial score (nSPS) is 10.4. The van der Waals surface area contributed by atoms with Gasteiger partial charge in [-0.25, -0.2) is 4.98 Å². The number of nitrogens with one attached hydrogen (secondary N) is 2. The van der Waals surface area contributed by atoms with E-state index >= 15 is 0 Å². The average Bonchev–Trinajstić information content (AvgIpc) is 2.52. The molecule has 12 heavy (non-hydrogen) atoms. The summed E-state index contributed by atoms with van der Waals surface area (Å²) in [7, 11) is 1.85. The molecule has 0 unspecified atom stereocenters. The fourth-order valence-corrected chi connectivity index (χ4v) is 1.30. The molecule has 0 spiro atoms. The molecule has 4 nitrogen and oxygen atoms in total. The van der Waals surface area contributed by atoms with Crippen molar-refractivity contribution in [1.29, 1.82) is 0 Å². The summed E-state index contributed by atoms with van der Waals surface area (Å²) in [4.78, 5) is 7.14. The van der Waals surface area contributed by atoms with Crippen LogP contribution in [0.2, 0.25) is 0 Å². The molecule has 2 aromatic heterocycles. The molecular weight excluding hydrogens is 152 g/mol. The lowest BCUT2D eigenvalue weighted by Gasteiger charge is -2.04. The van der Waals surface area contributed by atoms with Crippen LogP contribution in [0.15, 0.2) is 18.5 Å². The van der Waals surface area contributed by atoms with Gasteiger partial charge in [0.25, 0.3) is 0 Å². The lowest BCUT2D eigenvalue weighted by molar-refractivity contribution is 1.32. The Bertz CT molecular complexity index is 404. The number of aromatic nitrogens is 2. The van der Waals surface area contributed by atoms with E-state index in [1.54, 1.807) is 6.20 Å². The molecule has 0 aliphatic carbocycles. The summed E-state index contributed by atoms with van der Waals surface area (Å²) in [6.45, 7) is 0. The van der Waals surface area contributed by atoms with Crippen molar-refractivity contribution in [3.05, 3.63) is 18.5 Å². The second-order valence-corrected chi connectivity index (χ2v) is 2.58. The second kappa shape index (κ2) is 2.41. The Morgan fingerprint density at radius 1 is 1.58 bits per heavy atom. The number of nitrogens with two attached hydrogens (primary N) is 1. The molecular formula is C8H10N4. The van der Waals surface area contributed by atoms with Crippen LogP contribution < -0.4 is 11.1 Å². The molecule has 0 radical (unpaired) electrons. The van der Waals surface area contributed by atoms with Gasteiger partial charge < -0.3 is 16.0 Å². The van der Waals surface area contributed by atoms with Crippen LogP contribution in [0.5, 0.6) is 0 Å². The molecule has 0 amide bonds. The second-order valence-electron chi connectivity index (χ2n) is 2.58. The molecule has 2 heterocycles. The van der Waals surface area contributed by atoms with E-state index in [0.717, 1.165) is 16.7 Å². The lowest BCUT2D eigenvalue weighted by Crippen LogP contribution is -1.96. The zero-order valence-electron chi connectivity index (χ0n) is 6.76. The van der Waals surface area contributed by atoms with E-state index in [4.69, 9.17) is 5.73 Å². The molecule has 4 heteroatoms. The van der Waals surface area contributed by atoms with Crippen LogP contribution in [-0.4, -0.2) is 17.0 Å². The highest BCUT2D eigenvalue weighted by Gasteiger charge is 2.04. The summed E-state index contributed by atoms with van der Waals surface area (Å²) in [5.41, 5.74) is 8.18. The highest BCUT2D eigenvalue weighted by atomic mass is 14.9. The van der Waals surface area contributed by atoms with E-state index in [0.29, 0.717) is 5.69 Å². The van der Waals surface area contributed by atoms with Gasteiger partial charge >= 0.3 is 0 Å². The van der Waals surface area contributed by atoms with Gasteiger partial charge in [0.15, 0.2) is 0 Å². The lowest BCUT2D eigenvalue weighted by atomic mass is 10.2. The minimum atomic E-state index is 0.671. The topological polar surface area (TPSA) is 66.7 Å². The first-order valence-electron chi connectivity index (χ1n) is 3.72. The molecule has 0 saturated carbocycles. The summed E-state index contributed by atoms with van der Waals surface area (Å²) in [5.74, 6) is 0. The number of hydrogen-bond acceptors (Lipinski definition) is 3. The number of hydrogen-bond donors (Lipinski definition) is 3. The van der Waals surface area contributed by atoms with Crippen molar-refractivity contribution in [3.63, 3.8) is 0 Å². The summed E-state index contributed by atoms with van der Waals surface area (Å²) < 4.78 is 0. The number of nitrogens with zero attached hydrogens (tertiary/aromatic N) is 1. The monoisotopic (exact) mass is 162 g/mol. The number of anilines is 2. The molecule has 2 rings (SSSR count). The minimum Gasteiger partial charge on any atom is -0.396 e. The molecule has 62 valence electrons. The fourth-order valence-electron chi connectivity index (χ4n) is 1.30. The van der Waals surface area contributed by atoms with Crippen LogP contribution in [0, 0.1) is 0 Å². The van der Waals surface area contributed by atoms with Crippen LogP contribution in [0.25, 0.3) is 11.0 Å². The number of H-pyrrole nitrogens is 1. The number of fused-ring (bicyclic) bond motifs is 1. The van der Waals surface area contributed by atoms with E-state index in [9.17, 15) is 0 Å². The Labute approximate surface area is 69.8 Å². The predicted octanol–water partition coefficient (Wildman–Crippen LogP) is 1.19. The smallest absolute Gasteiger partial charge is 0.139 e. The van der Waals surface area contributed by atoms with E-state index in [2.05, 4.69) is 15.3 Å². The summed E-state index contributed by atoms with van der Waals surface area (Å²) >= 11 is 0. The first kappa shape index (κ1) is 6.97. The van der Waals surface area contributed by atoms with Crippen molar-refractivity contribution in [1.82, 2.24) is 9.97 Å². The molecule has 0 aromatic carbocycles. The van der Waals surface area contributed by atoms with Crippen molar-refractivity contribution in [3.8, 4) is 0 Å². The minimum absolute atomic E-state index is 0.671. The van der Waals surface area contributed by atoms with Gasteiger partial charge in [-0.15, -0.1) is 0 Å². The molecule has 0 aliphatic rings. The maximum atomic E-state index is 5.72. The first-order valence-corrected chi connectivity index (χ1v) is 3.72. The van der Waals surface area contributed by atoms with Crippen LogP contribution in [0.3, 0.4) is 0 Å². The highest BCUT2D eigenvalue weighted by Crippen LogP contribution is 2.25. The van der Waals surface area contributed by atoms with Crippen LogP contribution in [0.1, 0.15) is 0 Å². The largest absolute Gasteiger partial charge is 0.396 e. The predicted molar refractivity (Wildman–Crippen MR) is 50.1 cm³/mol. The average molecular weight is 162 g/mol. The Hall–Kier alpha value is -1.71. The van der Waals surface area contributed by atoms with Gasteiger partial charge in [-0.2, -0.15) is 0 Å². The van der Waals surface area contributed by atoms with E-state index in [1.165, 1.54) is 0 Å². The van der Waals surface area contributed by atoms with Gasteiger partial charge in [0.2, 0.25) is 0 Å². The van der Waals surface area contributed by atoms with Crippen LogP contribution >= 0.6 is 0 Å². The van der Waals surface area contributed by atoms with E-state index < -0.39 is 0 Å². The van der Waals surface area contributed by atoms with Gasteiger partial charge in [-0.1, -0.05) is 0 Å². The number of rotatable bonds is 1. The Balaban J connectivity index is 2.83. The SMILES string of the molecule is CNc1c(N)cnc2[nH]ccc12. The first-order chi connectivity index (χ1) is 5.83. The van der Waals surface area contributed by atoms with Crippen LogP contribution in [0.4, 0.5) is 11.4 Å². The standard InChI is InChI=1S/C8H10N4/c1-10-7-5-2-3-11-8(5)12-4-6(7)9/h2-4H,9H2,1H3,(H2,10,11,12). The van der Waals surface area contributed by atoms with Crippen molar-refractivity contribution in [2.75, 3.05) is 18.1 Å². The van der Waals surface area contributed by atoms with Gasteiger partial charge in [-0.3, -0.25) is 0 Å². The van der Waals surface area contributed by atoms with E-state index in [1.807, 2.05) is 19.3 Å². The van der Waals surface area contributed by atoms with Crippen molar-refractivity contribution in [2.24, 2.45) is 0 Å². The zero-order valence-corrected chi connectivity index (χ0v) is 6.76. The van der Waals surface area contributed by atoms with Gasteiger partial charge in [0, 0.05) is 18.6 Å². The molecule has 0 bridgehead atoms. The summed E-state index contributed by atoms with van der Waals surface area (Å²) in [5, 5.41) is 4.06. The zero-order chi connectivity index (χ0) is 8.55. The Kier molecular flexibility index (Phi) is 1.40. The molecule has 0 atom stereocenters. The van der Waals surface area contributed by atoms with Gasteiger partial charge in [-0.05, 0) is 6.07 Å². The Morgan fingerprint density at radius 3 is 3.17 bits per heavy atom. The van der Waals surface area contributed by atoms with Gasteiger partial charge in [0.1, 0.15) is 5.65 Å². The third-order valence-electron chi connectivity index (χ3n) is 1.87. The summed E-state index contributed by atoms with van der Waals surface area (Å²) in [6, 6.07) is 1.95. The quantitative estimate of drug-likeness (QED) is 0.590. The molecule has 2 aromatic rings.